The van der Waals surface area contributed by atoms with E-state index in [1.54, 1.807) is 30.5 Å². The van der Waals surface area contributed by atoms with E-state index in [1.807, 2.05) is 6.07 Å². The predicted octanol–water partition coefficient (Wildman–Crippen LogP) is 7.09. The second-order valence-electron chi connectivity index (χ2n) is 6.27. The van der Waals surface area contributed by atoms with Gasteiger partial charge in [-0.1, -0.05) is 35.3 Å². The summed E-state index contributed by atoms with van der Waals surface area (Å²) >= 11 is 12.5. The summed E-state index contributed by atoms with van der Waals surface area (Å²) in [5.41, 5.74) is 1.84. The number of fused-ring (bicyclic) bond motifs is 1. The van der Waals surface area contributed by atoms with E-state index in [-0.39, 0.29) is 10.9 Å². The van der Waals surface area contributed by atoms with Crippen LogP contribution in [0.5, 0.6) is 0 Å². The molecule has 0 saturated heterocycles. The van der Waals surface area contributed by atoms with Gasteiger partial charge in [0.15, 0.2) is 0 Å². The van der Waals surface area contributed by atoms with Crippen LogP contribution in [0.3, 0.4) is 0 Å². The Hall–Kier alpha value is -3.01. The first-order valence-corrected chi connectivity index (χ1v) is 9.08. The Bertz CT molecular complexity index is 1290. The van der Waals surface area contributed by atoms with Crippen LogP contribution in [0, 0.1) is 11.3 Å². The van der Waals surface area contributed by atoms with Crippen molar-refractivity contribution in [1.82, 2.24) is 9.97 Å². The van der Waals surface area contributed by atoms with Gasteiger partial charge >= 0.3 is 6.18 Å². The molecule has 1 N–H and O–H groups in total. The van der Waals surface area contributed by atoms with Crippen LogP contribution in [0.25, 0.3) is 33.3 Å². The number of aromatic amines is 1. The average molecular weight is 432 g/mol. The van der Waals surface area contributed by atoms with Gasteiger partial charge in [-0.05, 0) is 35.9 Å². The van der Waals surface area contributed by atoms with Crippen molar-refractivity contribution in [3.8, 4) is 28.5 Å². The lowest BCUT2D eigenvalue weighted by Crippen LogP contribution is -2.04. The van der Waals surface area contributed by atoms with E-state index in [1.165, 1.54) is 12.3 Å². The molecule has 3 nitrogen and oxygen atoms in total. The molecule has 0 spiro atoms. The van der Waals surface area contributed by atoms with Gasteiger partial charge < -0.3 is 4.98 Å². The number of pyridine rings is 1. The molecular weight excluding hydrogens is 422 g/mol. The summed E-state index contributed by atoms with van der Waals surface area (Å²) in [6.45, 7) is 0. The van der Waals surface area contributed by atoms with Crippen LogP contribution in [0.15, 0.2) is 54.9 Å². The fraction of sp³-hybridized carbons (Fsp3) is 0.0476. The number of H-pyrrole nitrogens is 1. The molecule has 144 valence electrons. The maximum absolute atomic E-state index is 13.1. The number of alkyl halides is 3. The van der Waals surface area contributed by atoms with Crippen LogP contribution >= 0.6 is 23.2 Å². The Balaban J connectivity index is 2.00. The third-order valence-corrected chi connectivity index (χ3v) is 5.39. The molecule has 2 heterocycles. The number of benzene rings is 2. The molecule has 0 saturated carbocycles. The third kappa shape index (κ3) is 3.33. The number of hydrogen-bond donors (Lipinski definition) is 1. The van der Waals surface area contributed by atoms with E-state index in [2.05, 4.69) is 9.97 Å². The Morgan fingerprint density at radius 3 is 2.52 bits per heavy atom. The van der Waals surface area contributed by atoms with Crippen molar-refractivity contribution in [3.63, 3.8) is 0 Å². The molecule has 0 fully saturated rings. The fourth-order valence-corrected chi connectivity index (χ4v) is 3.63. The van der Waals surface area contributed by atoms with Crippen LogP contribution in [-0.2, 0) is 6.18 Å². The number of nitriles is 1. The lowest BCUT2D eigenvalue weighted by molar-refractivity contribution is -0.137. The van der Waals surface area contributed by atoms with Gasteiger partial charge in [0, 0.05) is 34.4 Å². The highest BCUT2D eigenvalue weighted by atomic mass is 35.5. The minimum absolute atomic E-state index is 0.0958. The Morgan fingerprint density at radius 1 is 1.00 bits per heavy atom. The summed E-state index contributed by atoms with van der Waals surface area (Å²) in [6, 6.07) is 12.1. The Morgan fingerprint density at radius 2 is 1.79 bits per heavy atom. The summed E-state index contributed by atoms with van der Waals surface area (Å²) in [5, 5.41) is 10.6. The fourth-order valence-electron chi connectivity index (χ4n) is 3.23. The zero-order valence-electron chi connectivity index (χ0n) is 14.5. The molecule has 0 amide bonds. The minimum atomic E-state index is -4.51. The molecule has 0 aliphatic heterocycles. The quantitative estimate of drug-likeness (QED) is 0.368. The van der Waals surface area contributed by atoms with E-state index < -0.39 is 11.7 Å². The number of halogens is 5. The van der Waals surface area contributed by atoms with Crippen LogP contribution in [0.2, 0.25) is 10.0 Å². The molecule has 4 rings (SSSR count). The van der Waals surface area contributed by atoms with Crippen molar-refractivity contribution in [2.24, 2.45) is 0 Å². The highest BCUT2D eigenvalue weighted by Gasteiger charge is 2.31. The molecule has 0 aliphatic carbocycles. The van der Waals surface area contributed by atoms with Gasteiger partial charge in [-0.15, -0.1) is 0 Å². The van der Waals surface area contributed by atoms with Crippen molar-refractivity contribution in [2.45, 2.75) is 6.18 Å². The van der Waals surface area contributed by atoms with Gasteiger partial charge in [0.05, 0.1) is 26.9 Å². The second kappa shape index (κ2) is 7.11. The number of rotatable bonds is 2. The molecule has 0 bridgehead atoms. The zero-order chi connectivity index (χ0) is 20.8. The normalized spacial score (nSPS) is 11.6. The molecule has 29 heavy (non-hydrogen) atoms. The van der Waals surface area contributed by atoms with Gasteiger partial charge in [-0.25, -0.2) is 0 Å². The maximum Gasteiger partial charge on any atom is 0.416 e. The van der Waals surface area contributed by atoms with E-state index in [9.17, 15) is 18.4 Å². The van der Waals surface area contributed by atoms with Crippen LogP contribution < -0.4 is 0 Å². The molecule has 8 heteroatoms. The van der Waals surface area contributed by atoms with E-state index in [0.29, 0.717) is 37.9 Å². The van der Waals surface area contributed by atoms with Crippen molar-refractivity contribution in [1.29, 1.82) is 5.26 Å². The largest absolute Gasteiger partial charge is 0.416 e. The topological polar surface area (TPSA) is 52.5 Å². The van der Waals surface area contributed by atoms with Crippen LogP contribution in [0.4, 0.5) is 13.2 Å². The number of aromatic nitrogens is 2. The minimum Gasteiger partial charge on any atom is -0.353 e. The van der Waals surface area contributed by atoms with Crippen molar-refractivity contribution < 1.29 is 13.2 Å². The summed E-state index contributed by atoms with van der Waals surface area (Å²) in [6.07, 6.45) is -1.42. The first kappa shape index (κ1) is 19.3. The van der Waals surface area contributed by atoms with E-state index in [4.69, 9.17) is 23.2 Å². The van der Waals surface area contributed by atoms with E-state index >= 15 is 0 Å². The molecular formula is C21H10Cl2F3N3. The standard InChI is InChI=1S/C21H10Cl2F3N3/c22-17-3-1-2-13(19(17)23)12-6-7-28-10-16(12)20-15(9-27)14-8-11(21(24,25)26)4-5-18(14)29-20/h1-8,10,29H. The summed E-state index contributed by atoms with van der Waals surface area (Å²) in [5.74, 6) is 0. The average Bonchev–Trinajstić information content (AvgIpc) is 3.07. The van der Waals surface area contributed by atoms with Crippen molar-refractivity contribution in [3.05, 3.63) is 76.0 Å². The zero-order valence-corrected chi connectivity index (χ0v) is 16.0. The first-order valence-electron chi connectivity index (χ1n) is 8.33. The van der Waals surface area contributed by atoms with Gasteiger partial charge in [0.25, 0.3) is 0 Å². The summed E-state index contributed by atoms with van der Waals surface area (Å²) in [4.78, 5) is 7.16. The van der Waals surface area contributed by atoms with Gasteiger partial charge in [0.2, 0.25) is 0 Å². The lowest BCUT2D eigenvalue weighted by atomic mass is 9.97. The predicted molar refractivity (Wildman–Crippen MR) is 107 cm³/mol. The van der Waals surface area contributed by atoms with Crippen LogP contribution in [0.1, 0.15) is 11.1 Å². The maximum atomic E-state index is 13.1. The molecule has 4 aromatic rings. The molecule has 2 aromatic heterocycles. The number of nitrogens with one attached hydrogen (secondary N) is 1. The first-order chi connectivity index (χ1) is 13.8. The Kier molecular flexibility index (Phi) is 4.73. The van der Waals surface area contributed by atoms with Gasteiger partial charge in [-0.2, -0.15) is 18.4 Å². The third-order valence-electron chi connectivity index (χ3n) is 4.57. The highest BCUT2D eigenvalue weighted by Crippen LogP contribution is 2.41. The van der Waals surface area contributed by atoms with E-state index in [0.717, 1.165) is 12.1 Å². The van der Waals surface area contributed by atoms with Gasteiger partial charge in [0.1, 0.15) is 6.07 Å². The second-order valence-corrected chi connectivity index (χ2v) is 7.05. The summed E-state index contributed by atoms with van der Waals surface area (Å²) in [7, 11) is 0. The molecule has 0 atom stereocenters. The SMILES string of the molecule is N#Cc1c(-c2cnccc2-c2cccc(Cl)c2Cl)[nH]c2ccc(C(F)(F)F)cc12. The lowest BCUT2D eigenvalue weighted by Gasteiger charge is -2.11. The molecule has 0 radical (unpaired) electrons. The summed E-state index contributed by atoms with van der Waals surface area (Å²) < 4.78 is 39.4. The number of hydrogen-bond acceptors (Lipinski definition) is 2. The monoisotopic (exact) mass is 431 g/mol. The van der Waals surface area contributed by atoms with Crippen molar-refractivity contribution in [2.75, 3.05) is 0 Å². The number of nitrogens with zero attached hydrogens (tertiary/aromatic N) is 2. The highest BCUT2D eigenvalue weighted by molar-refractivity contribution is 6.43. The van der Waals surface area contributed by atoms with Crippen LogP contribution in [-0.4, -0.2) is 9.97 Å². The smallest absolute Gasteiger partial charge is 0.353 e. The van der Waals surface area contributed by atoms with Crippen molar-refractivity contribution >= 4 is 34.1 Å². The molecule has 0 aliphatic rings. The van der Waals surface area contributed by atoms with Gasteiger partial charge in [-0.3, -0.25) is 4.98 Å². The Labute approximate surface area is 173 Å². The molecule has 0 unspecified atom stereocenters. The molecule has 2 aromatic carbocycles.